The lowest BCUT2D eigenvalue weighted by Crippen LogP contribution is -2.32. The summed E-state index contributed by atoms with van der Waals surface area (Å²) in [6.45, 7) is 4.42. The monoisotopic (exact) mass is 395 g/mol. The Bertz CT molecular complexity index is 662. The van der Waals surface area contributed by atoms with E-state index in [0.717, 1.165) is 24.3 Å². The van der Waals surface area contributed by atoms with E-state index in [9.17, 15) is 9.59 Å². The molecule has 2 aromatic carbocycles. The van der Waals surface area contributed by atoms with Gasteiger partial charge >= 0.3 is 0 Å². The molecule has 5 heteroatoms. The van der Waals surface area contributed by atoms with Crippen molar-refractivity contribution < 1.29 is 9.59 Å². The van der Waals surface area contributed by atoms with Gasteiger partial charge in [-0.05, 0) is 37.2 Å². The van der Waals surface area contributed by atoms with Gasteiger partial charge in [-0.2, -0.15) is 0 Å². The number of carbonyl (C=O) groups excluding carboxylic acids is 2. The van der Waals surface area contributed by atoms with Crippen molar-refractivity contribution in [2.24, 2.45) is 0 Å². The molecule has 0 aliphatic carbocycles. The molecular weight excluding hydrogens is 362 g/mol. The first-order valence-corrected chi connectivity index (χ1v) is 10.6. The van der Waals surface area contributed by atoms with Gasteiger partial charge in [0.2, 0.25) is 11.8 Å². The second kappa shape index (κ2) is 13.5. The van der Waals surface area contributed by atoms with Crippen LogP contribution in [-0.2, 0) is 9.59 Å². The third-order valence-electron chi connectivity index (χ3n) is 4.75. The topological polar surface area (TPSA) is 61.4 Å². The van der Waals surface area contributed by atoms with Crippen LogP contribution in [-0.4, -0.2) is 36.3 Å². The molecular formula is C24H33N3O2. The molecule has 2 N–H and O–H groups in total. The third-order valence-corrected chi connectivity index (χ3v) is 4.75. The largest absolute Gasteiger partial charge is 0.326 e. The number of amides is 2. The molecule has 2 amide bonds. The molecule has 2 rings (SSSR count). The maximum atomic E-state index is 12.3. The summed E-state index contributed by atoms with van der Waals surface area (Å²) in [6, 6.07) is 19.0. The Morgan fingerprint density at radius 3 is 1.62 bits per heavy atom. The standard InChI is InChI=1S/C24H33N3O2/c1-2-3-4-11-18-27(19-16-23(28)25-21-12-7-5-8-13-21)20-17-24(29)26-22-14-9-6-10-15-22/h5-10,12-15H,2-4,11,16-20H2,1H3,(H,25,28)(H,26,29). The van der Waals surface area contributed by atoms with Gasteiger partial charge in [0.05, 0.1) is 0 Å². The van der Waals surface area contributed by atoms with Crippen LogP contribution in [0, 0.1) is 0 Å². The molecule has 2 aromatic rings. The molecule has 29 heavy (non-hydrogen) atoms. The van der Waals surface area contributed by atoms with Gasteiger partial charge in [0, 0.05) is 37.3 Å². The SMILES string of the molecule is CCCCCCN(CCC(=O)Nc1ccccc1)CCC(=O)Nc1ccccc1. The van der Waals surface area contributed by atoms with Gasteiger partial charge in [-0.25, -0.2) is 0 Å². The Morgan fingerprint density at radius 2 is 1.17 bits per heavy atom. The summed E-state index contributed by atoms with van der Waals surface area (Å²) in [6.07, 6.45) is 5.52. The van der Waals surface area contributed by atoms with Crippen molar-refractivity contribution in [3.8, 4) is 0 Å². The molecule has 0 saturated carbocycles. The molecule has 0 bridgehead atoms. The highest BCUT2D eigenvalue weighted by atomic mass is 16.2. The number of para-hydroxylation sites is 2. The highest BCUT2D eigenvalue weighted by Crippen LogP contribution is 2.09. The van der Waals surface area contributed by atoms with Gasteiger partial charge in [0.25, 0.3) is 0 Å². The van der Waals surface area contributed by atoms with E-state index in [1.165, 1.54) is 19.3 Å². The van der Waals surface area contributed by atoms with Crippen LogP contribution in [0.1, 0.15) is 45.4 Å². The predicted molar refractivity (Wildman–Crippen MR) is 120 cm³/mol. The number of carbonyl (C=O) groups is 2. The zero-order valence-electron chi connectivity index (χ0n) is 17.4. The Balaban J connectivity index is 1.78. The average molecular weight is 396 g/mol. The van der Waals surface area contributed by atoms with Crippen LogP contribution in [0.25, 0.3) is 0 Å². The summed E-state index contributed by atoms with van der Waals surface area (Å²) in [5, 5.41) is 5.85. The van der Waals surface area contributed by atoms with E-state index in [1.54, 1.807) is 0 Å². The van der Waals surface area contributed by atoms with Gasteiger partial charge in [-0.3, -0.25) is 9.59 Å². The zero-order chi connectivity index (χ0) is 20.7. The summed E-state index contributed by atoms with van der Waals surface area (Å²) in [5.41, 5.74) is 1.63. The van der Waals surface area contributed by atoms with Crippen molar-refractivity contribution >= 4 is 23.2 Å². The fraction of sp³-hybridized carbons (Fsp3) is 0.417. The minimum absolute atomic E-state index is 0.00324. The summed E-state index contributed by atoms with van der Waals surface area (Å²) in [7, 11) is 0. The van der Waals surface area contributed by atoms with Crippen molar-refractivity contribution in [1.82, 2.24) is 4.90 Å². The number of anilines is 2. The number of hydrogen-bond donors (Lipinski definition) is 2. The Morgan fingerprint density at radius 1 is 0.690 bits per heavy atom. The van der Waals surface area contributed by atoms with Gasteiger partial charge in [-0.1, -0.05) is 62.6 Å². The van der Waals surface area contributed by atoms with E-state index in [2.05, 4.69) is 22.5 Å². The van der Waals surface area contributed by atoms with Crippen LogP contribution in [0.2, 0.25) is 0 Å². The predicted octanol–water partition coefficient (Wildman–Crippen LogP) is 4.93. The number of hydrogen-bond acceptors (Lipinski definition) is 3. The highest BCUT2D eigenvalue weighted by Gasteiger charge is 2.11. The average Bonchev–Trinajstić information content (AvgIpc) is 2.74. The lowest BCUT2D eigenvalue weighted by molar-refractivity contribution is -0.116. The van der Waals surface area contributed by atoms with E-state index in [4.69, 9.17) is 0 Å². The van der Waals surface area contributed by atoms with Gasteiger partial charge in [0.1, 0.15) is 0 Å². The van der Waals surface area contributed by atoms with Crippen molar-refractivity contribution in [2.75, 3.05) is 30.3 Å². The second-order valence-corrected chi connectivity index (χ2v) is 7.23. The fourth-order valence-corrected chi connectivity index (χ4v) is 3.11. The summed E-state index contributed by atoms with van der Waals surface area (Å²) < 4.78 is 0. The molecule has 0 aliphatic heterocycles. The normalized spacial score (nSPS) is 10.7. The van der Waals surface area contributed by atoms with Gasteiger partial charge < -0.3 is 15.5 Å². The number of unbranched alkanes of at least 4 members (excludes halogenated alkanes) is 3. The quantitative estimate of drug-likeness (QED) is 0.473. The smallest absolute Gasteiger partial charge is 0.225 e. The molecule has 0 fully saturated rings. The molecule has 0 unspecified atom stereocenters. The van der Waals surface area contributed by atoms with Crippen LogP contribution in [0.15, 0.2) is 60.7 Å². The number of nitrogens with one attached hydrogen (secondary N) is 2. The minimum atomic E-state index is 0.00324. The molecule has 0 atom stereocenters. The van der Waals surface area contributed by atoms with E-state index in [-0.39, 0.29) is 11.8 Å². The van der Waals surface area contributed by atoms with Gasteiger partial charge in [-0.15, -0.1) is 0 Å². The third kappa shape index (κ3) is 9.90. The first kappa shape index (κ1) is 22.6. The first-order chi connectivity index (χ1) is 14.2. The van der Waals surface area contributed by atoms with E-state index in [0.29, 0.717) is 25.9 Å². The molecule has 0 spiro atoms. The lowest BCUT2D eigenvalue weighted by Gasteiger charge is -2.22. The summed E-state index contributed by atoms with van der Waals surface area (Å²) in [5.74, 6) is 0.00647. The van der Waals surface area contributed by atoms with Crippen LogP contribution in [0.4, 0.5) is 11.4 Å². The first-order valence-electron chi connectivity index (χ1n) is 10.6. The molecule has 0 radical (unpaired) electrons. The van der Waals surface area contributed by atoms with Crippen LogP contribution in [0.5, 0.6) is 0 Å². The van der Waals surface area contributed by atoms with E-state index >= 15 is 0 Å². The molecule has 0 aliphatic rings. The Labute approximate surface area is 174 Å². The Kier molecular flexibility index (Phi) is 10.5. The molecule has 156 valence electrons. The number of nitrogens with zero attached hydrogens (tertiary/aromatic N) is 1. The van der Waals surface area contributed by atoms with Crippen LogP contribution >= 0.6 is 0 Å². The molecule has 0 aromatic heterocycles. The van der Waals surface area contributed by atoms with Crippen molar-refractivity contribution in [2.45, 2.75) is 45.4 Å². The van der Waals surface area contributed by atoms with Crippen molar-refractivity contribution in [3.05, 3.63) is 60.7 Å². The van der Waals surface area contributed by atoms with Crippen LogP contribution in [0.3, 0.4) is 0 Å². The minimum Gasteiger partial charge on any atom is -0.326 e. The fourth-order valence-electron chi connectivity index (χ4n) is 3.11. The lowest BCUT2D eigenvalue weighted by atomic mass is 10.2. The zero-order valence-corrected chi connectivity index (χ0v) is 17.4. The highest BCUT2D eigenvalue weighted by molar-refractivity contribution is 5.91. The molecule has 0 saturated heterocycles. The maximum absolute atomic E-state index is 12.3. The molecule has 5 nitrogen and oxygen atoms in total. The summed E-state index contributed by atoms with van der Waals surface area (Å²) in [4.78, 5) is 26.7. The van der Waals surface area contributed by atoms with E-state index < -0.39 is 0 Å². The number of rotatable bonds is 13. The Hall–Kier alpha value is -2.66. The summed E-state index contributed by atoms with van der Waals surface area (Å²) >= 11 is 0. The van der Waals surface area contributed by atoms with Crippen molar-refractivity contribution in [1.29, 1.82) is 0 Å². The van der Waals surface area contributed by atoms with Crippen LogP contribution < -0.4 is 10.6 Å². The maximum Gasteiger partial charge on any atom is 0.225 e. The van der Waals surface area contributed by atoms with E-state index in [1.807, 2.05) is 60.7 Å². The number of benzene rings is 2. The molecule has 0 heterocycles. The van der Waals surface area contributed by atoms with Gasteiger partial charge in [0.15, 0.2) is 0 Å². The van der Waals surface area contributed by atoms with Crippen molar-refractivity contribution in [3.63, 3.8) is 0 Å². The second-order valence-electron chi connectivity index (χ2n) is 7.23.